The van der Waals surface area contributed by atoms with Crippen LogP contribution in [0, 0.1) is 11.8 Å². The Kier molecular flexibility index (Phi) is 13.5. The van der Waals surface area contributed by atoms with E-state index in [9.17, 15) is 47.0 Å². The van der Waals surface area contributed by atoms with Crippen LogP contribution in [-0.2, 0) is 19.2 Å². The number of nitrogens with zero attached hydrogens (tertiary/aromatic N) is 1. The molecular formula is C26H32F3N4NaO7. The van der Waals surface area contributed by atoms with Crippen molar-refractivity contribution in [1.82, 2.24) is 20.9 Å². The zero-order valence-electron chi connectivity index (χ0n) is 23.5. The van der Waals surface area contributed by atoms with Crippen LogP contribution in [0.4, 0.5) is 13.2 Å². The van der Waals surface area contributed by atoms with E-state index in [0.29, 0.717) is 6.42 Å². The fourth-order valence-electron chi connectivity index (χ4n) is 4.21. The Morgan fingerprint density at radius 3 is 1.88 bits per heavy atom. The predicted molar refractivity (Wildman–Crippen MR) is 132 cm³/mol. The minimum absolute atomic E-state index is 0. The smallest absolute Gasteiger partial charge is 0.548 e. The van der Waals surface area contributed by atoms with Gasteiger partial charge in [-0.2, -0.15) is 13.2 Å². The maximum atomic E-state index is 13.4. The van der Waals surface area contributed by atoms with Gasteiger partial charge in [-0.05, 0) is 48.9 Å². The number of carboxylic acids is 1. The molecule has 0 saturated carbocycles. The van der Waals surface area contributed by atoms with Crippen LogP contribution in [0.2, 0.25) is 0 Å². The Bertz CT molecular complexity index is 1140. The van der Waals surface area contributed by atoms with Gasteiger partial charge in [-0.1, -0.05) is 27.7 Å². The molecule has 0 bridgehead atoms. The van der Waals surface area contributed by atoms with Crippen LogP contribution in [0.3, 0.4) is 0 Å². The van der Waals surface area contributed by atoms with Crippen molar-refractivity contribution in [1.29, 1.82) is 0 Å². The number of hydrogen-bond donors (Lipinski definition) is 3. The summed E-state index contributed by atoms with van der Waals surface area (Å²) in [4.78, 5) is 74.7. The van der Waals surface area contributed by atoms with E-state index < -0.39 is 78.1 Å². The zero-order valence-corrected chi connectivity index (χ0v) is 25.5. The van der Waals surface area contributed by atoms with Crippen molar-refractivity contribution >= 4 is 35.4 Å². The molecule has 1 aromatic rings. The minimum atomic E-state index is -5.14. The molecule has 0 aliphatic carbocycles. The van der Waals surface area contributed by atoms with Gasteiger partial charge in [-0.15, -0.1) is 0 Å². The maximum absolute atomic E-state index is 13.4. The number of nitrogens with one attached hydrogen (secondary N) is 3. The summed E-state index contributed by atoms with van der Waals surface area (Å²) in [7, 11) is 0. The standard InChI is InChI=1S/C26H33F3N4O7.Na/c1-13(2)19(21(36)26(27,28)29)31-24(39)17-6-5-11-33(17)25(40)20(14(3)4)32-23(38)16-9-7-15(8-10-16)22(37)30-12-18(34)35;/h7-10,13-14,17,19-20H,5-6,11-12H2,1-4H3,(H,30,37)(H,31,39)(H,32,38)(H,34,35);/q;+1/p-1/t17-,19-,20-;/m0./s1. The summed E-state index contributed by atoms with van der Waals surface area (Å²) in [6, 6.07) is 1.18. The number of aliphatic carboxylic acids is 1. The molecule has 1 heterocycles. The number of alkyl halides is 3. The van der Waals surface area contributed by atoms with Gasteiger partial charge < -0.3 is 30.8 Å². The largest absolute Gasteiger partial charge is 1.00 e. The molecule has 41 heavy (non-hydrogen) atoms. The van der Waals surface area contributed by atoms with Crippen molar-refractivity contribution in [2.45, 2.75) is 64.8 Å². The second kappa shape index (κ2) is 15.3. The van der Waals surface area contributed by atoms with E-state index in [4.69, 9.17) is 0 Å². The quantitative estimate of drug-likeness (QED) is 0.234. The van der Waals surface area contributed by atoms with Crippen molar-refractivity contribution in [3.05, 3.63) is 35.4 Å². The van der Waals surface area contributed by atoms with Crippen LogP contribution in [0.1, 0.15) is 61.3 Å². The Balaban J connectivity index is 0.00000840. The van der Waals surface area contributed by atoms with E-state index in [1.54, 1.807) is 13.8 Å². The van der Waals surface area contributed by atoms with Crippen LogP contribution in [0.5, 0.6) is 0 Å². The SMILES string of the molecule is CC(C)[C@H](NC(=O)c1ccc(C(=O)NCC(=O)[O-])cc1)C(=O)N1CCC[C@H]1C(=O)N[C@H](C(=O)C(F)(F)F)C(C)C.[Na+]. The van der Waals surface area contributed by atoms with E-state index in [1.807, 2.05) is 0 Å². The molecule has 15 heteroatoms. The monoisotopic (exact) mass is 592 g/mol. The molecule has 1 fully saturated rings. The second-order valence-electron chi connectivity index (χ2n) is 10.1. The van der Waals surface area contributed by atoms with Crippen molar-refractivity contribution < 1.29 is 76.6 Å². The van der Waals surface area contributed by atoms with E-state index in [-0.39, 0.29) is 53.6 Å². The molecule has 1 aromatic carbocycles. The van der Waals surface area contributed by atoms with Crippen molar-refractivity contribution in [2.24, 2.45) is 11.8 Å². The topological polar surface area (TPSA) is 165 Å². The molecule has 0 aromatic heterocycles. The normalized spacial score (nSPS) is 16.4. The fourth-order valence-corrected chi connectivity index (χ4v) is 4.21. The van der Waals surface area contributed by atoms with Gasteiger partial charge in [-0.3, -0.25) is 24.0 Å². The van der Waals surface area contributed by atoms with Crippen molar-refractivity contribution in [2.75, 3.05) is 13.1 Å². The number of carbonyl (C=O) groups excluding carboxylic acids is 6. The molecule has 1 saturated heterocycles. The minimum Gasteiger partial charge on any atom is -0.548 e. The fraction of sp³-hybridized carbons (Fsp3) is 0.538. The first-order valence-electron chi connectivity index (χ1n) is 12.7. The van der Waals surface area contributed by atoms with Crippen LogP contribution < -0.4 is 50.6 Å². The molecular weight excluding hydrogens is 560 g/mol. The van der Waals surface area contributed by atoms with Crippen LogP contribution in [-0.4, -0.2) is 77.7 Å². The summed E-state index contributed by atoms with van der Waals surface area (Å²) in [5.74, 6) is -7.69. The number of hydrogen-bond acceptors (Lipinski definition) is 7. The van der Waals surface area contributed by atoms with E-state index >= 15 is 0 Å². The third kappa shape index (κ3) is 9.82. The predicted octanol–water partition coefficient (Wildman–Crippen LogP) is -2.81. The first kappa shape index (κ1) is 36.1. The number of carbonyl (C=O) groups is 6. The second-order valence-corrected chi connectivity index (χ2v) is 10.1. The Hall–Kier alpha value is -2.97. The van der Waals surface area contributed by atoms with E-state index in [2.05, 4.69) is 16.0 Å². The zero-order chi connectivity index (χ0) is 30.4. The van der Waals surface area contributed by atoms with Gasteiger partial charge in [0, 0.05) is 17.7 Å². The maximum Gasteiger partial charge on any atom is 1.00 e. The summed E-state index contributed by atoms with van der Waals surface area (Å²) in [5, 5.41) is 17.4. The average Bonchev–Trinajstić information content (AvgIpc) is 3.37. The molecule has 220 valence electrons. The Morgan fingerprint density at radius 1 is 0.902 bits per heavy atom. The molecule has 1 aliphatic heterocycles. The van der Waals surface area contributed by atoms with Crippen molar-refractivity contribution in [3.8, 4) is 0 Å². The van der Waals surface area contributed by atoms with Gasteiger partial charge in [0.1, 0.15) is 12.1 Å². The third-order valence-electron chi connectivity index (χ3n) is 6.39. The molecule has 3 atom stereocenters. The molecule has 3 N–H and O–H groups in total. The van der Waals surface area contributed by atoms with Crippen LogP contribution in [0.15, 0.2) is 24.3 Å². The molecule has 0 unspecified atom stereocenters. The van der Waals surface area contributed by atoms with Gasteiger partial charge in [0.05, 0.1) is 18.6 Å². The molecule has 4 amide bonds. The van der Waals surface area contributed by atoms with Crippen LogP contribution >= 0.6 is 0 Å². The Morgan fingerprint density at radius 2 is 1.41 bits per heavy atom. The van der Waals surface area contributed by atoms with Gasteiger partial charge >= 0.3 is 35.7 Å². The number of benzene rings is 1. The summed E-state index contributed by atoms with van der Waals surface area (Å²) in [5.41, 5.74) is 0.181. The van der Waals surface area contributed by atoms with Crippen molar-refractivity contribution in [3.63, 3.8) is 0 Å². The summed E-state index contributed by atoms with van der Waals surface area (Å²) < 4.78 is 39.1. The molecule has 2 rings (SSSR count). The number of carboxylic acid groups (broad SMARTS) is 1. The summed E-state index contributed by atoms with van der Waals surface area (Å²) >= 11 is 0. The van der Waals surface area contributed by atoms with Gasteiger partial charge in [-0.25, -0.2) is 0 Å². The third-order valence-corrected chi connectivity index (χ3v) is 6.39. The van der Waals surface area contributed by atoms with Crippen LogP contribution in [0.25, 0.3) is 0 Å². The van der Waals surface area contributed by atoms with E-state index in [0.717, 1.165) is 0 Å². The number of halogens is 3. The number of ketones is 1. The summed E-state index contributed by atoms with van der Waals surface area (Å²) in [6.07, 6.45) is -4.58. The average molecular weight is 593 g/mol. The molecule has 0 radical (unpaired) electrons. The molecule has 11 nitrogen and oxygen atoms in total. The molecule has 1 aliphatic rings. The van der Waals surface area contributed by atoms with Gasteiger partial charge in [0.15, 0.2) is 0 Å². The molecule has 0 spiro atoms. The first-order valence-corrected chi connectivity index (χ1v) is 12.7. The first-order chi connectivity index (χ1) is 18.5. The van der Waals surface area contributed by atoms with E-state index in [1.165, 1.54) is 43.0 Å². The van der Waals surface area contributed by atoms with Gasteiger partial charge in [0.2, 0.25) is 11.8 Å². The summed E-state index contributed by atoms with van der Waals surface area (Å²) in [6.45, 7) is 5.49. The number of Topliss-reactive ketones (excluding diaryl/α,β-unsaturated/α-hetero) is 1. The number of amides is 4. The number of likely N-dealkylation sites (tertiary alicyclic amines) is 1. The number of rotatable bonds is 11. The van der Waals surface area contributed by atoms with Gasteiger partial charge in [0.25, 0.3) is 17.6 Å². The Labute approximate surface area is 257 Å².